The molecule has 7 heteroatoms. The first kappa shape index (κ1) is 19.7. The van der Waals surface area contributed by atoms with Crippen LogP contribution in [0.25, 0.3) is 0 Å². The normalized spacial score (nSPS) is 10.8. The molecule has 0 spiro atoms. The van der Waals surface area contributed by atoms with Gasteiger partial charge in [0.2, 0.25) is 0 Å². The molecule has 2 N–H and O–H groups in total. The molecule has 140 valence electrons. The van der Waals surface area contributed by atoms with Crippen molar-refractivity contribution in [3.05, 3.63) is 42.1 Å². The summed E-state index contributed by atoms with van der Waals surface area (Å²) in [6, 6.07) is 11.0. The number of carbonyl (C=O) groups excluding carboxylic acids is 1. The highest BCUT2D eigenvalue weighted by atomic mass is 16.5. The molecule has 1 heterocycles. The number of nitrogens with one attached hydrogen (secondary N) is 2. The van der Waals surface area contributed by atoms with E-state index in [-0.39, 0.29) is 12.0 Å². The molecule has 1 aromatic heterocycles. The summed E-state index contributed by atoms with van der Waals surface area (Å²) in [7, 11) is 4.01. The van der Waals surface area contributed by atoms with Gasteiger partial charge in [-0.05, 0) is 77.3 Å². The summed E-state index contributed by atoms with van der Waals surface area (Å²) >= 11 is 0. The Bertz CT molecular complexity index is 684. The molecule has 2 aromatic rings. The average molecular weight is 357 g/mol. The Morgan fingerprint density at radius 1 is 1.12 bits per heavy atom. The largest absolute Gasteiger partial charge is 0.491 e. The number of rotatable bonds is 9. The predicted octanol–water partition coefficient (Wildman–Crippen LogP) is 2.69. The molecule has 0 radical (unpaired) electrons. The van der Waals surface area contributed by atoms with Gasteiger partial charge < -0.3 is 20.3 Å². The summed E-state index contributed by atoms with van der Waals surface area (Å²) < 4.78 is 5.61. The summed E-state index contributed by atoms with van der Waals surface area (Å²) in [6.45, 7) is 5.52. The van der Waals surface area contributed by atoms with Crippen LogP contribution >= 0.6 is 0 Å². The molecular formula is C19H27N5O2. The minimum Gasteiger partial charge on any atom is -0.491 e. The fourth-order valence-electron chi connectivity index (χ4n) is 2.24. The first-order valence-corrected chi connectivity index (χ1v) is 8.74. The minimum absolute atomic E-state index is 0.140. The molecule has 0 aliphatic rings. The van der Waals surface area contributed by atoms with E-state index in [9.17, 15) is 4.79 Å². The third-order valence-electron chi connectivity index (χ3n) is 3.46. The summed E-state index contributed by atoms with van der Waals surface area (Å²) in [5.41, 5.74) is 1.18. The van der Waals surface area contributed by atoms with Crippen LogP contribution < -0.4 is 15.4 Å². The first-order valence-electron chi connectivity index (χ1n) is 8.74. The van der Waals surface area contributed by atoms with Crippen LogP contribution in [0.15, 0.2) is 36.4 Å². The highest BCUT2D eigenvalue weighted by Crippen LogP contribution is 2.19. The molecule has 0 atom stereocenters. The van der Waals surface area contributed by atoms with Crippen molar-refractivity contribution in [2.75, 3.05) is 32.5 Å². The third kappa shape index (κ3) is 6.68. The number of benzene rings is 1. The van der Waals surface area contributed by atoms with Crippen LogP contribution in [0.3, 0.4) is 0 Å². The molecule has 0 fully saturated rings. The average Bonchev–Trinajstić information content (AvgIpc) is 2.60. The van der Waals surface area contributed by atoms with Crippen molar-refractivity contribution in [3.63, 3.8) is 0 Å². The van der Waals surface area contributed by atoms with Crippen LogP contribution in [0.2, 0.25) is 0 Å². The van der Waals surface area contributed by atoms with Crippen LogP contribution in [-0.4, -0.2) is 54.3 Å². The van der Waals surface area contributed by atoms with Crippen molar-refractivity contribution in [2.45, 2.75) is 26.4 Å². The maximum absolute atomic E-state index is 12.0. The van der Waals surface area contributed by atoms with Gasteiger partial charge in [-0.2, -0.15) is 0 Å². The van der Waals surface area contributed by atoms with E-state index in [2.05, 4.69) is 25.7 Å². The van der Waals surface area contributed by atoms with E-state index in [0.29, 0.717) is 18.1 Å². The zero-order valence-corrected chi connectivity index (χ0v) is 15.8. The van der Waals surface area contributed by atoms with Crippen molar-refractivity contribution >= 4 is 17.4 Å². The molecule has 0 aliphatic heterocycles. The molecule has 1 aromatic carbocycles. The molecular weight excluding hydrogens is 330 g/mol. The van der Waals surface area contributed by atoms with Gasteiger partial charge in [0.25, 0.3) is 5.91 Å². The van der Waals surface area contributed by atoms with E-state index in [1.807, 2.05) is 52.2 Å². The van der Waals surface area contributed by atoms with Crippen LogP contribution in [0, 0.1) is 0 Å². The molecule has 0 unspecified atom stereocenters. The van der Waals surface area contributed by atoms with Gasteiger partial charge in [0.15, 0.2) is 11.5 Å². The van der Waals surface area contributed by atoms with Gasteiger partial charge in [-0.3, -0.25) is 4.79 Å². The molecule has 0 saturated heterocycles. The lowest BCUT2D eigenvalue weighted by Gasteiger charge is -2.11. The van der Waals surface area contributed by atoms with Crippen molar-refractivity contribution in [1.29, 1.82) is 0 Å². The number of ether oxygens (including phenoxy) is 1. The van der Waals surface area contributed by atoms with Crippen LogP contribution in [-0.2, 0) is 0 Å². The van der Waals surface area contributed by atoms with Gasteiger partial charge in [-0.25, -0.2) is 0 Å². The Balaban J connectivity index is 1.85. The Morgan fingerprint density at radius 3 is 2.42 bits per heavy atom. The van der Waals surface area contributed by atoms with Crippen LogP contribution in [0.4, 0.5) is 11.5 Å². The fourth-order valence-corrected chi connectivity index (χ4v) is 2.24. The molecule has 0 bridgehead atoms. The van der Waals surface area contributed by atoms with E-state index in [0.717, 1.165) is 24.4 Å². The van der Waals surface area contributed by atoms with Crippen molar-refractivity contribution in [3.8, 4) is 5.75 Å². The number of aromatic nitrogens is 2. The second kappa shape index (κ2) is 9.72. The minimum atomic E-state index is -0.210. The fraction of sp³-hybridized carbons (Fsp3) is 0.421. The smallest absolute Gasteiger partial charge is 0.271 e. The number of carbonyl (C=O) groups is 1. The standard InChI is InChI=1S/C19H27N5O2/c1-14(2)26-16-8-6-15(7-9-16)21-18-11-10-17(22-23-18)19(25)20-12-5-13-24(3)4/h6-11,14H,5,12-13H2,1-4H3,(H,20,25)(H,21,23). The second-order valence-electron chi connectivity index (χ2n) is 6.53. The van der Waals surface area contributed by atoms with Gasteiger partial charge in [-0.15, -0.1) is 10.2 Å². The summed E-state index contributed by atoms with van der Waals surface area (Å²) in [5, 5.41) is 14.0. The van der Waals surface area contributed by atoms with Gasteiger partial charge in [0, 0.05) is 12.2 Å². The van der Waals surface area contributed by atoms with E-state index in [1.54, 1.807) is 12.1 Å². The maximum Gasteiger partial charge on any atom is 0.271 e. The summed E-state index contributed by atoms with van der Waals surface area (Å²) in [4.78, 5) is 14.1. The van der Waals surface area contributed by atoms with Gasteiger partial charge in [0.05, 0.1) is 6.10 Å². The van der Waals surface area contributed by atoms with E-state index in [1.165, 1.54) is 0 Å². The number of hydrogen-bond acceptors (Lipinski definition) is 6. The molecule has 2 rings (SSSR count). The quantitative estimate of drug-likeness (QED) is 0.672. The lowest BCUT2D eigenvalue weighted by atomic mass is 10.3. The molecule has 26 heavy (non-hydrogen) atoms. The van der Waals surface area contributed by atoms with Gasteiger partial charge in [0.1, 0.15) is 5.75 Å². The Morgan fingerprint density at radius 2 is 1.85 bits per heavy atom. The van der Waals surface area contributed by atoms with E-state index in [4.69, 9.17) is 4.74 Å². The lowest BCUT2D eigenvalue weighted by Crippen LogP contribution is -2.28. The van der Waals surface area contributed by atoms with Crippen molar-refractivity contribution in [1.82, 2.24) is 20.4 Å². The van der Waals surface area contributed by atoms with Gasteiger partial charge >= 0.3 is 0 Å². The highest BCUT2D eigenvalue weighted by Gasteiger charge is 2.08. The topological polar surface area (TPSA) is 79.4 Å². The van der Waals surface area contributed by atoms with Crippen molar-refractivity contribution < 1.29 is 9.53 Å². The number of hydrogen-bond donors (Lipinski definition) is 2. The zero-order chi connectivity index (χ0) is 18.9. The lowest BCUT2D eigenvalue weighted by molar-refractivity contribution is 0.0946. The van der Waals surface area contributed by atoms with Crippen molar-refractivity contribution in [2.24, 2.45) is 0 Å². The molecule has 0 saturated carbocycles. The Hall–Kier alpha value is -2.67. The second-order valence-corrected chi connectivity index (χ2v) is 6.53. The highest BCUT2D eigenvalue weighted by molar-refractivity contribution is 5.92. The third-order valence-corrected chi connectivity index (χ3v) is 3.46. The van der Waals surface area contributed by atoms with E-state index >= 15 is 0 Å². The molecule has 0 aliphatic carbocycles. The number of amides is 1. The summed E-state index contributed by atoms with van der Waals surface area (Å²) in [5.74, 6) is 1.18. The molecule has 7 nitrogen and oxygen atoms in total. The zero-order valence-electron chi connectivity index (χ0n) is 15.8. The number of anilines is 2. The monoisotopic (exact) mass is 357 g/mol. The van der Waals surface area contributed by atoms with Crippen LogP contribution in [0.1, 0.15) is 30.8 Å². The van der Waals surface area contributed by atoms with E-state index < -0.39 is 0 Å². The predicted molar refractivity (Wildman–Crippen MR) is 103 cm³/mol. The summed E-state index contributed by atoms with van der Waals surface area (Å²) in [6.07, 6.45) is 1.03. The number of nitrogens with zero attached hydrogens (tertiary/aromatic N) is 3. The van der Waals surface area contributed by atoms with Crippen LogP contribution in [0.5, 0.6) is 5.75 Å². The van der Waals surface area contributed by atoms with Gasteiger partial charge in [-0.1, -0.05) is 0 Å². The molecule has 1 amide bonds. The Kier molecular flexibility index (Phi) is 7.35. The SMILES string of the molecule is CC(C)Oc1ccc(Nc2ccc(C(=O)NCCCN(C)C)nn2)cc1. The maximum atomic E-state index is 12.0. The Labute approximate surface area is 154 Å². The first-order chi connectivity index (χ1) is 12.4.